The average Bonchev–Trinajstić information content (AvgIpc) is 3.32. The molecule has 1 saturated heterocycles. The van der Waals surface area contributed by atoms with E-state index in [9.17, 15) is 9.18 Å². The number of amides is 1. The van der Waals surface area contributed by atoms with Crippen LogP contribution in [0.2, 0.25) is 0 Å². The fraction of sp³-hybridized carbons (Fsp3) is 0.611. The average molecular weight is 362 g/mol. The van der Waals surface area contributed by atoms with Crippen LogP contribution in [0.3, 0.4) is 0 Å². The number of aryl methyl sites for hydroxylation is 2. The molecule has 26 heavy (non-hydrogen) atoms. The number of halogens is 1. The molecule has 2 aromatic heterocycles. The molecule has 0 spiro atoms. The Balaban J connectivity index is 1.39. The first kappa shape index (κ1) is 17.2. The van der Waals surface area contributed by atoms with E-state index < -0.39 is 6.17 Å². The summed E-state index contributed by atoms with van der Waals surface area (Å²) in [5.41, 5.74) is 2.26. The molecule has 4 rings (SSSR count). The number of alkyl halides is 1. The van der Waals surface area contributed by atoms with Gasteiger partial charge in [0.05, 0.1) is 6.20 Å². The summed E-state index contributed by atoms with van der Waals surface area (Å²) < 4.78 is 24.3. The maximum Gasteiger partial charge on any atom is 0.273 e. The maximum atomic E-state index is 14.0. The largest absolute Gasteiger partial charge is 0.361 e. The second kappa shape index (κ2) is 7.19. The van der Waals surface area contributed by atoms with Gasteiger partial charge in [-0.05, 0) is 32.6 Å². The number of rotatable bonds is 5. The Morgan fingerprint density at radius 3 is 3.04 bits per heavy atom. The molecule has 2 aromatic rings. The lowest BCUT2D eigenvalue weighted by Crippen LogP contribution is -2.40. The van der Waals surface area contributed by atoms with Crippen LogP contribution in [0.15, 0.2) is 15.2 Å². The first-order chi connectivity index (χ1) is 12.6. The van der Waals surface area contributed by atoms with Crippen LogP contribution in [-0.2, 0) is 19.4 Å². The molecule has 1 N–H and O–H groups in total. The summed E-state index contributed by atoms with van der Waals surface area (Å²) in [6.07, 6.45) is 4.97. The van der Waals surface area contributed by atoms with E-state index in [2.05, 4.69) is 15.6 Å². The topological polar surface area (TPSA) is 84.4 Å². The van der Waals surface area contributed by atoms with Gasteiger partial charge in [-0.15, -0.1) is 0 Å². The highest BCUT2D eigenvalue weighted by Crippen LogP contribution is 2.25. The van der Waals surface area contributed by atoms with Crippen LogP contribution in [0.25, 0.3) is 0 Å². The molecule has 8 heteroatoms. The van der Waals surface area contributed by atoms with Crippen molar-refractivity contribution < 1.29 is 18.2 Å². The van der Waals surface area contributed by atoms with E-state index in [1.807, 2.05) is 11.8 Å². The van der Waals surface area contributed by atoms with Crippen LogP contribution < -0.4 is 5.32 Å². The van der Waals surface area contributed by atoms with E-state index in [0.717, 1.165) is 48.3 Å². The number of carbonyl (C=O) groups excluding carboxylic acids is 1. The summed E-state index contributed by atoms with van der Waals surface area (Å²) >= 11 is 0. The molecule has 0 radical (unpaired) electrons. The number of nitrogens with one attached hydrogen (secondary N) is 1. The molecule has 140 valence electrons. The fourth-order valence-corrected chi connectivity index (χ4v) is 3.88. The summed E-state index contributed by atoms with van der Waals surface area (Å²) in [6.45, 7) is 3.14. The molecule has 7 nitrogen and oxygen atoms in total. The predicted octanol–water partition coefficient (Wildman–Crippen LogP) is 2.19. The Morgan fingerprint density at radius 1 is 1.38 bits per heavy atom. The molecule has 0 unspecified atom stereocenters. The normalized spacial score (nSPS) is 23.2. The van der Waals surface area contributed by atoms with Crippen LogP contribution in [0.4, 0.5) is 4.39 Å². The number of aromatic nitrogens is 2. The minimum absolute atomic E-state index is 0.0639. The van der Waals surface area contributed by atoms with Crippen molar-refractivity contribution in [3.63, 3.8) is 0 Å². The molecule has 0 bridgehead atoms. The van der Waals surface area contributed by atoms with Crippen molar-refractivity contribution in [2.75, 3.05) is 13.1 Å². The molecular formula is C18H23FN4O3. The summed E-state index contributed by atoms with van der Waals surface area (Å²) in [4.78, 5) is 14.6. The summed E-state index contributed by atoms with van der Waals surface area (Å²) in [6, 6.07) is -0.0639. The lowest BCUT2D eigenvalue weighted by Gasteiger charge is -2.23. The Hall–Kier alpha value is -2.22. The quantitative estimate of drug-likeness (QED) is 0.878. The summed E-state index contributed by atoms with van der Waals surface area (Å²) in [7, 11) is 0. The standard InChI is InChI=1S/C18H23FN4O3/c1-11-12(7-21-25-11)9-23-10-13(19)6-14(23)8-20-18(24)17-15-4-2-3-5-16(15)26-22-17/h7,13-14H,2-6,8-10H2,1H3,(H,20,24)/t13-,14-/m0/s1. The maximum absolute atomic E-state index is 14.0. The van der Waals surface area contributed by atoms with E-state index in [1.165, 1.54) is 0 Å². The van der Waals surface area contributed by atoms with E-state index >= 15 is 0 Å². The van der Waals surface area contributed by atoms with Gasteiger partial charge in [0.1, 0.15) is 17.7 Å². The lowest BCUT2D eigenvalue weighted by atomic mass is 9.96. The number of nitrogens with zero attached hydrogens (tertiary/aromatic N) is 3. The van der Waals surface area contributed by atoms with Gasteiger partial charge in [-0.1, -0.05) is 10.3 Å². The highest BCUT2D eigenvalue weighted by molar-refractivity contribution is 5.93. The van der Waals surface area contributed by atoms with Crippen LogP contribution in [0.1, 0.15) is 52.4 Å². The molecule has 2 aliphatic rings. The monoisotopic (exact) mass is 362 g/mol. The van der Waals surface area contributed by atoms with Crippen molar-refractivity contribution in [3.05, 3.63) is 34.5 Å². The van der Waals surface area contributed by atoms with E-state index in [0.29, 0.717) is 31.7 Å². The second-order valence-electron chi connectivity index (χ2n) is 7.17. The van der Waals surface area contributed by atoms with Crippen molar-refractivity contribution in [2.45, 2.75) is 57.8 Å². The van der Waals surface area contributed by atoms with Crippen molar-refractivity contribution >= 4 is 5.91 Å². The van der Waals surface area contributed by atoms with Gasteiger partial charge in [-0.2, -0.15) is 0 Å². The Labute approximate surface area is 150 Å². The van der Waals surface area contributed by atoms with Gasteiger partial charge >= 0.3 is 0 Å². The van der Waals surface area contributed by atoms with Crippen LogP contribution in [0, 0.1) is 6.92 Å². The number of hydrogen-bond acceptors (Lipinski definition) is 6. The molecule has 0 aromatic carbocycles. The summed E-state index contributed by atoms with van der Waals surface area (Å²) in [5, 5.41) is 10.6. The second-order valence-corrected chi connectivity index (χ2v) is 7.17. The number of fused-ring (bicyclic) bond motifs is 1. The first-order valence-corrected chi connectivity index (χ1v) is 9.15. The van der Waals surface area contributed by atoms with Gasteiger partial charge in [-0.25, -0.2) is 4.39 Å². The van der Waals surface area contributed by atoms with Crippen molar-refractivity contribution in [3.8, 4) is 0 Å². The van der Waals surface area contributed by atoms with Gasteiger partial charge in [0.2, 0.25) is 0 Å². The Morgan fingerprint density at radius 2 is 2.23 bits per heavy atom. The zero-order valence-electron chi connectivity index (χ0n) is 14.8. The van der Waals surface area contributed by atoms with Crippen molar-refractivity contribution in [1.29, 1.82) is 0 Å². The third kappa shape index (κ3) is 3.38. The Bertz CT molecular complexity index is 787. The molecule has 1 amide bonds. The van der Waals surface area contributed by atoms with Gasteiger partial charge in [0.15, 0.2) is 5.69 Å². The Kier molecular flexibility index (Phi) is 4.76. The van der Waals surface area contributed by atoms with E-state index in [-0.39, 0.29) is 11.9 Å². The third-order valence-electron chi connectivity index (χ3n) is 5.36. The lowest BCUT2D eigenvalue weighted by molar-refractivity contribution is 0.0930. The van der Waals surface area contributed by atoms with Crippen LogP contribution >= 0.6 is 0 Å². The SMILES string of the molecule is Cc1oncc1CN1C[C@@H](F)C[C@H]1CNC(=O)c1noc2c1CCCC2. The molecule has 0 saturated carbocycles. The van der Waals surface area contributed by atoms with Gasteiger partial charge in [-0.3, -0.25) is 9.69 Å². The minimum Gasteiger partial charge on any atom is -0.361 e. The van der Waals surface area contributed by atoms with E-state index in [1.54, 1.807) is 6.20 Å². The summed E-state index contributed by atoms with van der Waals surface area (Å²) in [5.74, 6) is 1.33. The molecule has 1 aliphatic heterocycles. The highest BCUT2D eigenvalue weighted by Gasteiger charge is 2.33. The number of hydrogen-bond donors (Lipinski definition) is 1. The molecule has 2 atom stereocenters. The van der Waals surface area contributed by atoms with Crippen LogP contribution in [0.5, 0.6) is 0 Å². The van der Waals surface area contributed by atoms with Gasteiger partial charge in [0, 0.05) is 43.2 Å². The number of carbonyl (C=O) groups is 1. The highest BCUT2D eigenvalue weighted by atomic mass is 19.1. The van der Waals surface area contributed by atoms with Crippen LogP contribution in [-0.4, -0.2) is 46.4 Å². The number of likely N-dealkylation sites (tertiary alicyclic amines) is 1. The van der Waals surface area contributed by atoms with E-state index in [4.69, 9.17) is 9.05 Å². The molecule has 3 heterocycles. The van der Waals surface area contributed by atoms with Crippen molar-refractivity contribution in [2.24, 2.45) is 0 Å². The van der Waals surface area contributed by atoms with Gasteiger partial charge in [0.25, 0.3) is 5.91 Å². The first-order valence-electron chi connectivity index (χ1n) is 9.15. The van der Waals surface area contributed by atoms with Gasteiger partial charge < -0.3 is 14.4 Å². The zero-order chi connectivity index (χ0) is 18.1. The molecule has 1 fully saturated rings. The molecular weight excluding hydrogens is 339 g/mol. The third-order valence-corrected chi connectivity index (χ3v) is 5.36. The van der Waals surface area contributed by atoms with Crippen molar-refractivity contribution in [1.82, 2.24) is 20.5 Å². The minimum atomic E-state index is -0.892. The molecule has 1 aliphatic carbocycles. The zero-order valence-corrected chi connectivity index (χ0v) is 14.8. The fourth-order valence-electron chi connectivity index (χ4n) is 3.88. The smallest absolute Gasteiger partial charge is 0.273 e. The predicted molar refractivity (Wildman–Crippen MR) is 90.4 cm³/mol.